The van der Waals surface area contributed by atoms with Gasteiger partial charge in [-0.15, -0.1) is 0 Å². The van der Waals surface area contributed by atoms with E-state index in [2.05, 4.69) is 44.1 Å². The van der Waals surface area contributed by atoms with Crippen molar-refractivity contribution in [2.75, 3.05) is 13.6 Å². The minimum Gasteiger partial charge on any atom is -0.377 e. The molecule has 0 fully saturated rings. The second-order valence-electron chi connectivity index (χ2n) is 3.02. The first kappa shape index (κ1) is 7.39. The molecule has 56 valence electrons. The van der Waals surface area contributed by atoms with E-state index in [1.807, 2.05) is 0 Å². The van der Waals surface area contributed by atoms with Crippen molar-refractivity contribution in [3.05, 3.63) is 23.9 Å². The maximum absolute atomic E-state index is 2.28. The largest absolute Gasteiger partial charge is 0.377 e. The average Bonchev–Trinajstić information content (AvgIpc) is 2.04. The molecule has 0 saturated carbocycles. The lowest BCUT2D eigenvalue weighted by Gasteiger charge is -2.07. The Bertz CT molecular complexity index is 168. The van der Waals surface area contributed by atoms with Gasteiger partial charge in [0.1, 0.15) is 0 Å². The topological polar surface area (TPSA) is 3.24 Å². The Hall–Kier alpha value is -0.720. The van der Waals surface area contributed by atoms with E-state index in [0.29, 0.717) is 5.92 Å². The lowest BCUT2D eigenvalue weighted by Crippen LogP contribution is -2.08. The smallest absolute Gasteiger partial charge is 0.0353 e. The van der Waals surface area contributed by atoms with Gasteiger partial charge in [0.15, 0.2) is 0 Å². The second-order valence-corrected chi connectivity index (χ2v) is 3.02. The van der Waals surface area contributed by atoms with Crippen molar-refractivity contribution in [1.82, 2.24) is 4.90 Å². The van der Waals surface area contributed by atoms with Gasteiger partial charge in [-0.1, -0.05) is 24.6 Å². The van der Waals surface area contributed by atoms with Crippen LogP contribution in [0.25, 0.3) is 0 Å². The molecule has 1 unspecified atom stereocenters. The summed E-state index contributed by atoms with van der Waals surface area (Å²) in [5.41, 5.74) is 1.47. The molecule has 0 spiro atoms. The molecule has 0 radical (unpaired) electrons. The summed E-state index contributed by atoms with van der Waals surface area (Å²) >= 11 is 0. The Kier molecular flexibility index (Phi) is 2.15. The van der Waals surface area contributed by atoms with Crippen LogP contribution in [0.4, 0.5) is 0 Å². The van der Waals surface area contributed by atoms with Crippen LogP contribution in [-0.4, -0.2) is 18.5 Å². The summed E-state index contributed by atoms with van der Waals surface area (Å²) in [6, 6.07) is 0. The minimum atomic E-state index is 0.616. The summed E-state index contributed by atoms with van der Waals surface area (Å²) in [5, 5.41) is 0. The Morgan fingerprint density at radius 3 is 3.00 bits per heavy atom. The SMILES string of the molecule is CC1=CCN(C)C=CC1C. The number of allylic oxidation sites excluding steroid dienone is 2. The van der Waals surface area contributed by atoms with Gasteiger partial charge in [-0.25, -0.2) is 0 Å². The molecule has 0 saturated heterocycles. The van der Waals surface area contributed by atoms with E-state index in [0.717, 1.165) is 6.54 Å². The highest BCUT2D eigenvalue weighted by Crippen LogP contribution is 2.13. The molecule has 0 amide bonds. The van der Waals surface area contributed by atoms with Crippen LogP contribution in [0.5, 0.6) is 0 Å². The monoisotopic (exact) mass is 137 g/mol. The van der Waals surface area contributed by atoms with E-state index < -0.39 is 0 Å². The molecular formula is C9H15N. The first-order valence-corrected chi connectivity index (χ1v) is 3.75. The lowest BCUT2D eigenvalue weighted by molar-refractivity contribution is 0.510. The zero-order chi connectivity index (χ0) is 7.56. The molecule has 1 aliphatic rings. The van der Waals surface area contributed by atoms with Gasteiger partial charge in [0, 0.05) is 13.6 Å². The third kappa shape index (κ3) is 1.63. The van der Waals surface area contributed by atoms with Gasteiger partial charge in [0.2, 0.25) is 0 Å². The van der Waals surface area contributed by atoms with Crippen LogP contribution in [0.1, 0.15) is 13.8 Å². The predicted octanol–water partition coefficient (Wildman–Crippen LogP) is 2.03. The summed E-state index contributed by atoms with van der Waals surface area (Å²) in [5.74, 6) is 0.616. The van der Waals surface area contributed by atoms with Gasteiger partial charge in [-0.05, 0) is 19.0 Å². The quantitative estimate of drug-likeness (QED) is 0.462. The Balaban J connectivity index is 2.71. The van der Waals surface area contributed by atoms with Crippen molar-refractivity contribution in [3.8, 4) is 0 Å². The fourth-order valence-electron chi connectivity index (χ4n) is 0.963. The van der Waals surface area contributed by atoms with Crippen LogP contribution < -0.4 is 0 Å². The van der Waals surface area contributed by atoms with E-state index in [9.17, 15) is 0 Å². The van der Waals surface area contributed by atoms with Crippen LogP contribution in [0, 0.1) is 5.92 Å². The van der Waals surface area contributed by atoms with Gasteiger partial charge in [0.05, 0.1) is 0 Å². The van der Waals surface area contributed by atoms with Gasteiger partial charge in [0.25, 0.3) is 0 Å². The molecule has 0 N–H and O–H groups in total. The van der Waals surface area contributed by atoms with Crippen LogP contribution in [-0.2, 0) is 0 Å². The van der Waals surface area contributed by atoms with Crippen LogP contribution in [0.2, 0.25) is 0 Å². The third-order valence-electron chi connectivity index (χ3n) is 2.05. The van der Waals surface area contributed by atoms with Crippen molar-refractivity contribution in [1.29, 1.82) is 0 Å². The summed E-state index contributed by atoms with van der Waals surface area (Å²) in [4.78, 5) is 2.19. The number of hydrogen-bond donors (Lipinski definition) is 0. The predicted molar refractivity (Wildman–Crippen MR) is 44.7 cm³/mol. The van der Waals surface area contributed by atoms with Crippen LogP contribution in [0.15, 0.2) is 23.9 Å². The molecule has 1 nitrogen and oxygen atoms in total. The zero-order valence-corrected chi connectivity index (χ0v) is 6.96. The number of nitrogens with zero attached hydrogens (tertiary/aromatic N) is 1. The number of hydrogen-bond acceptors (Lipinski definition) is 1. The highest BCUT2D eigenvalue weighted by molar-refractivity contribution is 5.13. The average molecular weight is 137 g/mol. The summed E-state index contributed by atoms with van der Waals surface area (Å²) in [7, 11) is 2.10. The number of rotatable bonds is 0. The molecule has 0 bridgehead atoms. The highest BCUT2D eigenvalue weighted by atomic mass is 15.1. The maximum Gasteiger partial charge on any atom is 0.0353 e. The standard InChI is InChI=1S/C9H15N/c1-8-4-6-10(3)7-5-9(8)2/h4-6,8H,7H2,1-3H3. The van der Waals surface area contributed by atoms with E-state index in [4.69, 9.17) is 0 Å². The first-order chi connectivity index (χ1) is 4.70. The molecule has 0 aromatic heterocycles. The fraction of sp³-hybridized carbons (Fsp3) is 0.556. The molecule has 1 atom stereocenters. The van der Waals surface area contributed by atoms with Crippen molar-refractivity contribution < 1.29 is 0 Å². The van der Waals surface area contributed by atoms with Gasteiger partial charge in [-0.3, -0.25) is 0 Å². The maximum atomic E-state index is 2.28. The molecule has 0 aromatic rings. The highest BCUT2D eigenvalue weighted by Gasteiger charge is 2.02. The molecule has 1 heteroatoms. The fourth-order valence-corrected chi connectivity index (χ4v) is 0.963. The van der Waals surface area contributed by atoms with E-state index >= 15 is 0 Å². The lowest BCUT2D eigenvalue weighted by atomic mass is 10.0. The van der Waals surface area contributed by atoms with Crippen molar-refractivity contribution in [2.45, 2.75) is 13.8 Å². The van der Waals surface area contributed by atoms with Gasteiger partial charge < -0.3 is 4.90 Å². The Morgan fingerprint density at radius 2 is 2.30 bits per heavy atom. The molecule has 0 aliphatic carbocycles. The summed E-state index contributed by atoms with van der Waals surface area (Å²) in [6.07, 6.45) is 6.67. The Morgan fingerprint density at radius 1 is 1.60 bits per heavy atom. The molecule has 1 heterocycles. The zero-order valence-electron chi connectivity index (χ0n) is 6.96. The van der Waals surface area contributed by atoms with Crippen LogP contribution >= 0.6 is 0 Å². The molecular weight excluding hydrogens is 122 g/mol. The Labute approximate surface area is 63.0 Å². The van der Waals surface area contributed by atoms with Crippen molar-refractivity contribution >= 4 is 0 Å². The van der Waals surface area contributed by atoms with Gasteiger partial charge in [-0.2, -0.15) is 0 Å². The van der Waals surface area contributed by atoms with Crippen molar-refractivity contribution in [2.24, 2.45) is 5.92 Å². The molecule has 10 heavy (non-hydrogen) atoms. The molecule has 0 aromatic carbocycles. The summed E-state index contributed by atoms with van der Waals surface area (Å²) < 4.78 is 0. The van der Waals surface area contributed by atoms with Crippen LogP contribution in [0.3, 0.4) is 0 Å². The number of likely N-dealkylation sites (N-methyl/N-ethyl adjacent to an activating group) is 1. The molecule has 1 aliphatic heterocycles. The van der Waals surface area contributed by atoms with E-state index in [1.165, 1.54) is 5.57 Å². The first-order valence-electron chi connectivity index (χ1n) is 3.75. The van der Waals surface area contributed by atoms with Gasteiger partial charge >= 0.3 is 0 Å². The van der Waals surface area contributed by atoms with Crippen molar-refractivity contribution in [3.63, 3.8) is 0 Å². The minimum absolute atomic E-state index is 0.616. The third-order valence-corrected chi connectivity index (χ3v) is 2.05. The summed E-state index contributed by atoms with van der Waals surface area (Å²) in [6.45, 7) is 5.46. The second kappa shape index (κ2) is 2.91. The molecule has 1 rings (SSSR count). The van der Waals surface area contributed by atoms with E-state index in [-0.39, 0.29) is 0 Å². The van der Waals surface area contributed by atoms with E-state index in [1.54, 1.807) is 0 Å². The normalized spacial score (nSPS) is 26.1.